The van der Waals surface area contributed by atoms with Crippen molar-refractivity contribution >= 4 is 11.9 Å². The molecule has 2 rings (SSSR count). The van der Waals surface area contributed by atoms with Gasteiger partial charge in [-0.3, -0.25) is 4.79 Å². The quantitative estimate of drug-likeness (QED) is 0.778. The second kappa shape index (κ2) is 4.32. The Morgan fingerprint density at radius 2 is 2.25 bits per heavy atom. The number of hydrogen-bond acceptors (Lipinski definition) is 4. The van der Waals surface area contributed by atoms with E-state index in [0.29, 0.717) is 30.2 Å². The number of carbonyl (C=O) groups is 1. The van der Waals surface area contributed by atoms with Gasteiger partial charge < -0.3 is 15.6 Å². The number of ether oxygens (including phenoxy) is 1. The first-order chi connectivity index (χ1) is 7.70. The van der Waals surface area contributed by atoms with Crippen LogP contribution in [0.15, 0.2) is 29.3 Å². The number of nitrogens with zero attached hydrogens (tertiary/aromatic N) is 1. The normalized spacial score (nSPS) is 16.4. The van der Waals surface area contributed by atoms with Gasteiger partial charge in [-0.15, -0.1) is 0 Å². The second-order valence-corrected chi connectivity index (χ2v) is 3.44. The van der Waals surface area contributed by atoms with Crippen molar-refractivity contribution in [2.24, 2.45) is 10.7 Å². The number of benzene rings is 1. The van der Waals surface area contributed by atoms with Gasteiger partial charge in [-0.25, -0.2) is 4.99 Å². The summed E-state index contributed by atoms with van der Waals surface area (Å²) in [6.07, 6.45) is 0. The Morgan fingerprint density at radius 3 is 2.88 bits per heavy atom. The van der Waals surface area contributed by atoms with Crippen LogP contribution in [0.4, 0.5) is 0 Å². The zero-order valence-corrected chi connectivity index (χ0v) is 8.59. The van der Waals surface area contributed by atoms with E-state index in [0.717, 1.165) is 0 Å². The number of nitrogens with two attached hydrogens (primary N) is 1. The van der Waals surface area contributed by atoms with Gasteiger partial charge in [0.25, 0.3) is 0 Å². The van der Waals surface area contributed by atoms with Crippen LogP contribution < -0.4 is 5.73 Å². The highest BCUT2D eigenvalue weighted by Gasteiger charge is 2.22. The van der Waals surface area contributed by atoms with Gasteiger partial charge in [-0.2, -0.15) is 0 Å². The zero-order chi connectivity index (χ0) is 11.5. The molecule has 0 fully saturated rings. The highest BCUT2D eigenvalue weighted by atomic mass is 16.5. The van der Waals surface area contributed by atoms with Crippen LogP contribution in [0.25, 0.3) is 0 Å². The summed E-state index contributed by atoms with van der Waals surface area (Å²) in [6, 6.07) is 5.94. The average Bonchev–Trinajstić information content (AvgIpc) is 2.81. The van der Waals surface area contributed by atoms with E-state index in [1.807, 2.05) is 0 Å². The van der Waals surface area contributed by atoms with Crippen molar-refractivity contribution in [2.75, 3.05) is 13.2 Å². The molecule has 0 aromatic heterocycles. The summed E-state index contributed by atoms with van der Waals surface area (Å²) in [6.45, 7) is 1.14. The summed E-state index contributed by atoms with van der Waals surface area (Å²) in [5.74, 6) is -0.585. The third-order valence-electron chi connectivity index (χ3n) is 2.38. The van der Waals surface area contributed by atoms with E-state index in [1.165, 1.54) is 0 Å². The molecule has 1 unspecified atom stereocenters. The highest BCUT2D eigenvalue weighted by molar-refractivity contribution is 5.97. The molecule has 1 aliphatic rings. The predicted octanol–water partition coefficient (Wildman–Crippen LogP) is 0.548. The molecule has 0 saturated heterocycles. The lowest BCUT2D eigenvalue weighted by atomic mass is 10.0. The Balaban J connectivity index is 2.41. The molecule has 1 atom stereocenters. The van der Waals surface area contributed by atoms with E-state index in [4.69, 9.17) is 15.6 Å². The van der Waals surface area contributed by atoms with Crippen LogP contribution in [0.2, 0.25) is 0 Å². The molecule has 0 amide bonds. The van der Waals surface area contributed by atoms with E-state index in [-0.39, 0.29) is 0 Å². The molecule has 1 aromatic carbocycles. The molecule has 16 heavy (non-hydrogen) atoms. The number of carboxylic acids is 1. The third-order valence-corrected chi connectivity index (χ3v) is 2.38. The molecule has 0 spiro atoms. The van der Waals surface area contributed by atoms with Gasteiger partial charge in [-0.1, -0.05) is 18.2 Å². The van der Waals surface area contributed by atoms with Crippen molar-refractivity contribution < 1.29 is 14.6 Å². The van der Waals surface area contributed by atoms with Crippen LogP contribution >= 0.6 is 0 Å². The minimum absolute atomic E-state index is 0.479. The maximum atomic E-state index is 10.9. The van der Waals surface area contributed by atoms with E-state index < -0.39 is 12.0 Å². The zero-order valence-electron chi connectivity index (χ0n) is 8.59. The van der Waals surface area contributed by atoms with Gasteiger partial charge in [0.1, 0.15) is 12.6 Å². The first kappa shape index (κ1) is 10.6. The van der Waals surface area contributed by atoms with Gasteiger partial charge in [0.05, 0.1) is 6.54 Å². The fourth-order valence-corrected chi connectivity index (χ4v) is 1.59. The number of aliphatic carboxylic acids is 1. The number of hydrogen-bond donors (Lipinski definition) is 2. The fraction of sp³-hybridized carbons (Fsp3) is 0.273. The minimum atomic E-state index is -1.06. The highest BCUT2D eigenvalue weighted by Crippen LogP contribution is 2.19. The maximum absolute atomic E-state index is 10.9. The summed E-state index contributed by atoms with van der Waals surface area (Å²) in [5.41, 5.74) is 6.78. The molecule has 0 aliphatic carbocycles. The number of carboxylic acid groups (broad SMARTS) is 1. The predicted molar refractivity (Wildman–Crippen MR) is 58.4 cm³/mol. The van der Waals surface area contributed by atoms with E-state index in [1.54, 1.807) is 24.3 Å². The van der Waals surface area contributed by atoms with Crippen molar-refractivity contribution in [2.45, 2.75) is 6.04 Å². The molecule has 3 N–H and O–H groups in total. The average molecular weight is 220 g/mol. The smallest absolute Gasteiger partial charge is 0.325 e. The van der Waals surface area contributed by atoms with Gasteiger partial charge in [0, 0.05) is 5.56 Å². The van der Waals surface area contributed by atoms with E-state index in [2.05, 4.69) is 4.99 Å². The largest absolute Gasteiger partial charge is 0.480 e. The molecule has 5 nitrogen and oxygen atoms in total. The maximum Gasteiger partial charge on any atom is 0.325 e. The summed E-state index contributed by atoms with van der Waals surface area (Å²) < 4.78 is 5.31. The summed E-state index contributed by atoms with van der Waals surface area (Å²) >= 11 is 0. The van der Waals surface area contributed by atoms with Crippen molar-refractivity contribution in [1.82, 2.24) is 0 Å². The Labute approximate surface area is 92.6 Å². The van der Waals surface area contributed by atoms with Crippen LogP contribution in [0.3, 0.4) is 0 Å². The molecule has 5 heteroatoms. The molecule has 1 aromatic rings. The standard InChI is InChI=1S/C11H12N2O3/c12-9(11(14)15)7-3-1-2-4-8(7)10-13-5-6-16-10/h1-4,9H,5-6,12H2,(H,14,15). The van der Waals surface area contributed by atoms with Crippen LogP contribution in [-0.4, -0.2) is 30.1 Å². The molecule has 0 bridgehead atoms. The van der Waals surface area contributed by atoms with E-state index in [9.17, 15) is 4.79 Å². The van der Waals surface area contributed by atoms with Crippen molar-refractivity contribution in [3.8, 4) is 0 Å². The van der Waals surface area contributed by atoms with Crippen molar-refractivity contribution in [3.05, 3.63) is 35.4 Å². The topological polar surface area (TPSA) is 84.9 Å². The van der Waals surface area contributed by atoms with Gasteiger partial charge in [0.2, 0.25) is 5.90 Å². The summed E-state index contributed by atoms with van der Waals surface area (Å²) in [4.78, 5) is 15.0. The summed E-state index contributed by atoms with van der Waals surface area (Å²) in [5, 5.41) is 8.90. The fourth-order valence-electron chi connectivity index (χ4n) is 1.59. The Morgan fingerprint density at radius 1 is 1.50 bits per heavy atom. The van der Waals surface area contributed by atoms with Gasteiger partial charge in [-0.05, 0) is 11.6 Å². The van der Waals surface area contributed by atoms with E-state index >= 15 is 0 Å². The molecule has 0 radical (unpaired) electrons. The lowest BCUT2D eigenvalue weighted by molar-refractivity contribution is -0.138. The molecule has 1 aliphatic heterocycles. The lowest BCUT2D eigenvalue weighted by Gasteiger charge is -2.12. The third kappa shape index (κ3) is 1.90. The molecular formula is C11H12N2O3. The molecule has 1 heterocycles. The van der Waals surface area contributed by atoms with Crippen LogP contribution in [-0.2, 0) is 9.53 Å². The molecule has 84 valence electrons. The number of aliphatic imine (C=N–C) groups is 1. The Bertz CT molecular complexity index is 443. The van der Waals surface area contributed by atoms with Crippen LogP contribution in [0, 0.1) is 0 Å². The van der Waals surface area contributed by atoms with Gasteiger partial charge in [0.15, 0.2) is 0 Å². The number of rotatable bonds is 3. The Kier molecular flexibility index (Phi) is 2.87. The molecule has 0 saturated carbocycles. The lowest BCUT2D eigenvalue weighted by Crippen LogP contribution is -2.23. The van der Waals surface area contributed by atoms with Gasteiger partial charge >= 0.3 is 5.97 Å². The SMILES string of the molecule is NC(C(=O)O)c1ccccc1C1=NCCO1. The second-order valence-electron chi connectivity index (χ2n) is 3.44. The van der Waals surface area contributed by atoms with Crippen LogP contribution in [0.1, 0.15) is 17.2 Å². The monoisotopic (exact) mass is 220 g/mol. The Hall–Kier alpha value is -1.88. The van der Waals surface area contributed by atoms with Crippen molar-refractivity contribution in [3.63, 3.8) is 0 Å². The summed E-state index contributed by atoms with van der Waals surface area (Å²) in [7, 11) is 0. The first-order valence-electron chi connectivity index (χ1n) is 4.95. The minimum Gasteiger partial charge on any atom is -0.480 e. The van der Waals surface area contributed by atoms with Crippen LogP contribution in [0.5, 0.6) is 0 Å². The molecular weight excluding hydrogens is 208 g/mol. The first-order valence-corrected chi connectivity index (χ1v) is 4.95. The van der Waals surface area contributed by atoms with Crippen molar-refractivity contribution in [1.29, 1.82) is 0 Å².